The van der Waals surface area contributed by atoms with E-state index in [0.29, 0.717) is 0 Å². The summed E-state index contributed by atoms with van der Waals surface area (Å²) in [5.74, 6) is 2.41. The lowest BCUT2D eigenvalue weighted by Crippen LogP contribution is -1.97. The molecule has 7 aromatic rings. The van der Waals surface area contributed by atoms with E-state index < -0.39 is 0 Å². The highest BCUT2D eigenvalue weighted by molar-refractivity contribution is 6.09. The molecule has 0 saturated heterocycles. The van der Waals surface area contributed by atoms with Crippen molar-refractivity contribution < 1.29 is 4.74 Å². The van der Waals surface area contributed by atoms with Crippen LogP contribution in [0.15, 0.2) is 110 Å². The number of pyridine rings is 1. The molecule has 0 aliphatic carbocycles. The first-order valence-electron chi connectivity index (χ1n) is 15.4. The number of aryl methyl sites for hydroxylation is 4. The summed E-state index contributed by atoms with van der Waals surface area (Å²) in [7, 11) is 0. The molecule has 3 heterocycles. The zero-order chi connectivity index (χ0) is 30.2. The Bertz CT molecular complexity index is 2110. The van der Waals surface area contributed by atoms with E-state index in [1.165, 1.54) is 46.0 Å². The molecular formula is C39H36N4O. The molecule has 0 fully saturated rings. The number of unbranched alkanes of at least 4 members (excludes halogenated alkanes) is 1. The minimum absolute atomic E-state index is 0.753. The fraction of sp³-hybridized carbons (Fsp3) is 0.179. The average molecular weight is 577 g/mol. The minimum Gasteiger partial charge on any atom is -0.457 e. The molecule has 0 atom stereocenters. The number of benzene rings is 4. The molecule has 0 amide bonds. The summed E-state index contributed by atoms with van der Waals surface area (Å²) in [6.07, 6.45) is 9.49. The highest BCUT2D eigenvalue weighted by Gasteiger charge is 2.15. The fourth-order valence-corrected chi connectivity index (χ4v) is 6.36. The predicted octanol–water partition coefficient (Wildman–Crippen LogP) is 10.1. The van der Waals surface area contributed by atoms with Gasteiger partial charge in [0.05, 0.1) is 22.9 Å². The topological polar surface area (TPSA) is 44.9 Å². The van der Waals surface area contributed by atoms with E-state index in [1.54, 1.807) is 0 Å². The lowest BCUT2D eigenvalue weighted by molar-refractivity contribution is 0.483. The average Bonchev–Trinajstić information content (AvgIpc) is 3.63. The Balaban J connectivity index is 1.21. The highest BCUT2D eigenvalue weighted by Crippen LogP contribution is 2.35. The van der Waals surface area contributed by atoms with E-state index in [9.17, 15) is 0 Å². The molecule has 0 radical (unpaired) electrons. The second-order valence-corrected chi connectivity index (χ2v) is 11.7. The van der Waals surface area contributed by atoms with Crippen LogP contribution in [0, 0.1) is 20.8 Å². The van der Waals surface area contributed by atoms with E-state index in [0.717, 1.165) is 51.4 Å². The summed E-state index contributed by atoms with van der Waals surface area (Å²) >= 11 is 0. The van der Waals surface area contributed by atoms with Gasteiger partial charge in [0.2, 0.25) is 0 Å². The molecule has 5 nitrogen and oxygen atoms in total. The Kier molecular flexibility index (Phi) is 7.23. The number of para-hydroxylation sites is 1. The Morgan fingerprint density at radius 2 is 1.55 bits per heavy atom. The normalized spacial score (nSPS) is 11.5. The molecular weight excluding hydrogens is 540 g/mol. The van der Waals surface area contributed by atoms with Crippen molar-refractivity contribution in [3.05, 3.63) is 132 Å². The maximum absolute atomic E-state index is 6.46. The number of ether oxygens (including phenoxy) is 1. The van der Waals surface area contributed by atoms with Crippen LogP contribution >= 0.6 is 0 Å². The van der Waals surface area contributed by atoms with E-state index in [1.807, 2.05) is 47.4 Å². The van der Waals surface area contributed by atoms with Gasteiger partial charge in [-0.15, -0.1) is 0 Å². The second-order valence-electron chi connectivity index (χ2n) is 11.7. The van der Waals surface area contributed by atoms with Crippen LogP contribution in [0.1, 0.15) is 42.0 Å². The molecule has 0 spiro atoms. The summed E-state index contributed by atoms with van der Waals surface area (Å²) in [5, 5.41) is 7.09. The first-order valence-corrected chi connectivity index (χ1v) is 15.4. The number of fused-ring (bicyclic) bond motifs is 3. The molecule has 7 rings (SSSR count). The van der Waals surface area contributed by atoms with Gasteiger partial charge in [-0.3, -0.25) is 4.57 Å². The van der Waals surface area contributed by atoms with Crippen molar-refractivity contribution in [1.82, 2.24) is 19.3 Å². The Labute approximate surface area is 258 Å². The van der Waals surface area contributed by atoms with Crippen molar-refractivity contribution in [3.63, 3.8) is 0 Å². The van der Waals surface area contributed by atoms with Crippen LogP contribution in [-0.4, -0.2) is 19.3 Å². The number of aromatic nitrogens is 4. The molecule has 218 valence electrons. The van der Waals surface area contributed by atoms with Crippen LogP contribution in [0.4, 0.5) is 0 Å². The van der Waals surface area contributed by atoms with E-state index in [-0.39, 0.29) is 0 Å². The van der Waals surface area contributed by atoms with Gasteiger partial charge < -0.3 is 4.74 Å². The van der Waals surface area contributed by atoms with E-state index in [2.05, 4.69) is 99.1 Å². The highest BCUT2D eigenvalue weighted by atomic mass is 16.5. The summed E-state index contributed by atoms with van der Waals surface area (Å²) in [6, 6.07) is 31.6. The zero-order valence-corrected chi connectivity index (χ0v) is 25.7. The lowest BCUT2D eigenvalue weighted by atomic mass is 9.94. The third-order valence-corrected chi connectivity index (χ3v) is 8.38. The number of rotatable bonds is 8. The molecule has 0 bridgehead atoms. The molecule has 0 aliphatic rings. The Morgan fingerprint density at radius 1 is 0.750 bits per heavy atom. The van der Waals surface area contributed by atoms with Crippen molar-refractivity contribution in [2.75, 3.05) is 0 Å². The summed E-state index contributed by atoms with van der Waals surface area (Å²) < 4.78 is 10.6. The van der Waals surface area contributed by atoms with Crippen LogP contribution in [0.5, 0.6) is 11.5 Å². The lowest BCUT2D eigenvalue weighted by Gasteiger charge is -2.12. The molecule has 3 aromatic heterocycles. The van der Waals surface area contributed by atoms with Crippen LogP contribution in [0.25, 0.3) is 44.4 Å². The maximum Gasteiger partial charge on any atom is 0.137 e. The Hall–Kier alpha value is -5.16. The molecule has 5 heteroatoms. The number of nitrogens with zero attached hydrogens (tertiary/aromatic N) is 4. The monoisotopic (exact) mass is 576 g/mol. The molecule has 44 heavy (non-hydrogen) atoms. The SMILES string of the molecule is CCCCc1cc(C)c(-c2cnn(-c3cccc(Oc4ccc5c6ccccc6n(-c6cc(C)ccn6)c5c4)c3)c2)c(C)c1. The summed E-state index contributed by atoms with van der Waals surface area (Å²) in [4.78, 5) is 4.70. The van der Waals surface area contributed by atoms with Crippen molar-refractivity contribution >= 4 is 21.8 Å². The zero-order valence-electron chi connectivity index (χ0n) is 25.7. The largest absolute Gasteiger partial charge is 0.457 e. The Morgan fingerprint density at radius 3 is 2.36 bits per heavy atom. The first-order chi connectivity index (χ1) is 21.5. The van der Waals surface area contributed by atoms with E-state index in [4.69, 9.17) is 14.8 Å². The van der Waals surface area contributed by atoms with Crippen molar-refractivity contribution in [3.8, 4) is 34.1 Å². The van der Waals surface area contributed by atoms with Gasteiger partial charge in [0, 0.05) is 40.9 Å². The molecule has 4 aromatic carbocycles. The standard InChI is InChI=1S/C39H36N4O/c1-5-6-10-29-20-27(3)39(28(4)21-29)30-24-41-42(25-30)31-11-9-12-32(22-31)44-33-15-16-35-34-13-7-8-14-36(34)43(37(35)23-33)38-19-26(2)17-18-40-38/h7-9,11-25H,5-6,10H2,1-4H3. The predicted molar refractivity (Wildman–Crippen MR) is 180 cm³/mol. The molecule has 0 aliphatic heterocycles. The molecule has 0 saturated carbocycles. The van der Waals surface area contributed by atoms with Crippen LogP contribution in [0.3, 0.4) is 0 Å². The van der Waals surface area contributed by atoms with Crippen LogP contribution < -0.4 is 4.74 Å². The van der Waals surface area contributed by atoms with Gasteiger partial charge >= 0.3 is 0 Å². The molecule has 0 N–H and O–H groups in total. The van der Waals surface area contributed by atoms with Crippen LogP contribution in [-0.2, 0) is 6.42 Å². The van der Waals surface area contributed by atoms with Gasteiger partial charge in [0.15, 0.2) is 0 Å². The number of hydrogen-bond donors (Lipinski definition) is 0. The van der Waals surface area contributed by atoms with Gasteiger partial charge in [-0.1, -0.05) is 49.7 Å². The van der Waals surface area contributed by atoms with Gasteiger partial charge in [0.25, 0.3) is 0 Å². The molecule has 0 unspecified atom stereocenters. The summed E-state index contributed by atoms with van der Waals surface area (Å²) in [6.45, 7) is 8.74. The van der Waals surface area contributed by atoms with Crippen molar-refractivity contribution in [1.29, 1.82) is 0 Å². The third kappa shape index (κ3) is 5.15. The third-order valence-electron chi connectivity index (χ3n) is 8.38. The second kappa shape index (κ2) is 11.5. The van der Waals surface area contributed by atoms with Crippen LogP contribution in [0.2, 0.25) is 0 Å². The number of hydrogen-bond acceptors (Lipinski definition) is 3. The van der Waals surface area contributed by atoms with E-state index >= 15 is 0 Å². The first kappa shape index (κ1) is 27.7. The minimum atomic E-state index is 0.753. The van der Waals surface area contributed by atoms with Gasteiger partial charge in [-0.2, -0.15) is 5.10 Å². The van der Waals surface area contributed by atoms with Gasteiger partial charge in [-0.25, -0.2) is 9.67 Å². The van der Waals surface area contributed by atoms with Gasteiger partial charge in [0.1, 0.15) is 17.3 Å². The fourth-order valence-electron chi connectivity index (χ4n) is 6.36. The maximum atomic E-state index is 6.46. The summed E-state index contributed by atoms with van der Waals surface area (Å²) in [5.41, 5.74) is 10.7. The van der Waals surface area contributed by atoms with Gasteiger partial charge in [-0.05, 0) is 104 Å². The quantitative estimate of drug-likeness (QED) is 0.181. The van der Waals surface area contributed by atoms with Crippen molar-refractivity contribution in [2.24, 2.45) is 0 Å². The smallest absolute Gasteiger partial charge is 0.137 e. The van der Waals surface area contributed by atoms with Crippen molar-refractivity contribution in [2.45, 2.75) is 47.0 Å².